The van der Waals surface area contributed by atoms with Crippen molar-refractivity contribution in [1.29, 1.82) is 0 Å². The summed E-state index contributed by atoms with van der Waals surface area (Å²) in [5.74, 6) is -1.04. The Bertz CT molecular complexity index is 975. The maximum absolute atomic E-state index is 12.7. The molecule has 2 aliphatic rings. The van der Waals surface area contributed by atoms with Crippen LogP contribution >= 0.6 is 0 Å². The number of fused-ring (bicyclic) bond motifs is 3. The fraction of sp³-hybridized carbons (Fsp3) is 0.400. The normalized spacial score (nSPS) is 15.9. The van der Waals surface area contributed by atoms with E-state index in [-0.39, 0.29) is 24.9 Å². The number of ether oxygens (including phenoxy) is 1. The topological polar surface area (TPSA) is 87.2 Å². The lowest BCUT2D eigenvalue weighted by molar-refractivity contribution is -0.142. The van der Waals surface area contributed by atoms with Crippen molar-refractivity contribution >= 4 is 18.0 Å². The molecule has 0 aromatic heterocycles. The predicted octanol–water partition coefficient (Wildman–Crippen LogP) is 3.72. The van der Waals surface area contributed by atoms with Crippen LogP contribution in [0.25, 0.3) is 11.1 Å². The molecule has 1 saturated heterocycles. The van der Waals surface area contributed by atoms with Crippen molar-refractivity contribution in [2.24, 2.45) is 0 Å². The van der Waals surface area contributed by atoms with Crippen LogP contribution in [0.2, 0.25) is 0 Å². The molecule has 32 heavy (non-hydrogen) atoms. The van der Waals surface area contributed by atoms with E-state index >= 15 is 0 Å². The Balaban J connectivity index is 1.37. The van der Waals surface area contributed by atoms with Crippen LogP contribution in [0, 0.1) is 0 Å². The van der Waals surface area contributed by atoms with E-state index in [1.165, 1.54) is 7.05 Å². The van der Waals surface area contributed by atoms with Crippen molar-refractivity contribution in [3.05, 3.63) is 59.7 Å². The van der Waals surface area contributed by atoms with Gasteiger partial charge in [0.25, 0.3) is 0 Å². The number of likely N-dealkylation sites (tertiary alicyclic amines) is 1. The SMILES string of the molecule is CN(C(=O)OCC1c2ccccc2-c2ccccc21)[C@@H](CCCN1CCCC1=O)C(=O)O. The number of amides is 2. The first-order valence-corrected chi connectivity index (χ1v) is 11.1. The lowest BCUT2D eigenvalue weighted by atomic mass is 9.98. The number of nitrogens with zero attached hydrogens (tertiary/aromatic N) is 2. The Kier molecular flexibility index (Phi) is 6.44. The summed E-state index contributed by atoms with van der Waals surface area (Å²) in [6, 6.07) is 15.1. The predicted molar refractivity (Wildman–Crippen MR) is 119 cm³/mol. The molecule has 0 bridgehead atoms. The number of hydrogen-bond acceptors (Lipinski definition) is 4. The molecule has 1 heterocycles. The third-order valence-electron chi connectivity index (χ3n) is 6.45. The Hall–Kier alpha value is -3.35. The number of carboxylic acid groups (broad SMARTS) is 1. The zero-order valence-corrected chi connectivity index (χ0v) is 18.2. The summed E-state index contributed by atoms with van der Waals surface area (Å²) in [4.78, 5) is 39.2. The monoisotopic (exact) mass is 436 g/mol. The first kappa shape index (κ1) is 21.9. The van der Waals surface area contributed by atoms with E-state index in [0.717, 1.165) is 40.1 Å². The third kappa shape index (κ3) is 4.33. The van der Waals surface area contributed by atoms with E-state index in [1.54, 1.807) is 4.90 Å². The van der Waals surface area contributed by atoms with Gasteiger partial charge in [0.1, 0.15) is 12.6 Å². The van der Waals surface area contributed by atoms with Crippen molar-refractivity contribution in [2.75, 3.05) is 26.7 Å². The number of likely N-dealkylation sites (N-methyl/N-ethyl adjacent to an activating group) is 1. The highest BCUT2D eigenvalue weighted by atomic mass is 16.6. The molecule has 7 nitrogen and oxygen atoms in total. The van der Waals surface area contributed by atoms with Gasteiger partial charge < -0.3 is 14.7 Å². The summed E-state index contributed by atoms with van der Waals surface area (Å²) in [5.41, 5.74) is 4.48. The minimum Gasteiger partial charge on any atom is -0.480 e. The summed E-state index contributed by atoms with van der Waals surface area (Å²) < 4.78 is 5.59. The molecule has 0 radical (unpaired) electrons. The minimum absolute atomic E-state index is 0.0794. The zero-order chi connectivity index (χ0) is 22.7. The lowest BCUT2D eigenvalue weighted by Gasteiger charge is -2.26. The van der Waals surface area contributed by atoms with Crippen LogP contribution in [-0.4, -0.2) is 65.7 Å². The van der Waals surface area contributed by atoms with E-state index < -0.39 is 18.1 Å². The maximum Gasteiger partial charge on any atom is 0.410 e. The van der Waals surface area contributed by atoms with Crippen molar-refractivity contribution in [3.8, 4) is 11.1 Å². The van der Waals surface area contributed by atoms with Gasteiger partial charge in [-0.3, -0.25) is 9.69 Å². The van der Waals surface area contributed by atoms with E-state index in [9.17, 15) is 19.5 Å². The van der Waals surface area contributed by atoms with E-state index in [1.807, 2.05) is 36.4 Å². The second-order valence-electron chi connectivity index (χ2n) is 8.40. The van der Waals surface area contributed by atoms with Gasteiger partial charge in [0.15, 0.2) is 0 Å². The quantitative estimate of drug-likeness (QED) is 0.681. The van der Waals surface area contributed by atoms with Gasteiger partial charge in [-0.2, -0.15) is 0 Å². The molecule has 1 aliphatic heterocycles. The fourth-order valence-electron chi connectivity index (χ4n) is 4.72. The van der Waals surface area contributed by atoms with Crippen LogP contribution in [-0.2, 0) is 14.3 Å². The summed E-state index contributed by atoms with van der Waals surface area (Å²) >= 11 is 0. The summed E-state index contributed by atoms with van der Waals surface area (Å²) in [7, 11) is 1.46. The number of carbonyl (C=O) groups excluding carboxylic acids is 2. The highest BCUT2D eigenvalue weighted by Gasteiger charge is 2.32. The largest absolute Gasteiger partial charge is 0.480 e. The molecule has 0 saturated carbocycles. The molecule has 2 aromatic carbocycles. The van der Waals surface area contributed by atoms with Crippen molar-refractivity contribution in [1.82, 2.24) is 9.80 Å². The molecule has 1 fully saturated rings. The molecule has 7 heteroatoms. The van der Waals surface area contributed by atoms with Gasteiger partial charge in [-0.1, -0.05) is 48.5 Å². The zero-order valence-electron chi connectivity index (χ0n) is 18.2. The van der Waals surface area contributed by atoms with Gasteiger partial charge in [0.2, 0.25) is 5.91 Å². The van der Waals surface area contributed by atoms with Crippen LogP contribution in [0.3, 0.4) is 0 Å². The summed E-state index contributed by atoms with van der Waals surface area (Å²) in [6.45, 7) is 1.38. The average Bonchev–Trinajstić information content (AvgIpc) is 3.35. The van der Waals surface area contributed by atoms with Crippen molar-refractivity contribution in [3.63, 3.8) is 0 Å². The van der Waals surface area contributed by atoms with Gasteiger partial charge >= 0.3 is 12.1 Å². The molecule has 0 spiro atoms. The van der Waals surface area contributed by atoms with Crippen LogP contribution < -0.4 is 0 Å². The molecular weight excluding hydrogens is 408 g/mol. The Morgan fingerprint density at radius 3 is 2.31 bits per heavy atom. The summed E-state index contributed by atoms with van der Waals surface area (Å²) in [5, 5.41) is 9.65. The number of carbonyl (C=O) groups is 3. The average molecular weight is 437 g/mol. The van der Waals surface area contributed by atoms with Gasteiger partial charge in [-0.05, 0) is 41.5 Å². The Morgan fingerprint density at radius 1 is 1.12 bits per heavy atom. The Labute approximate surface area is 187 Å². The second kappa shape index (κ2) is 9.42. The number of rotatable bonds is 8. The highest BCUT2D eigenvalue weighted by Crippen LogP contribution is 2.44. The maximum atomic E-state index is 12.7. The fourth-order valence-corrected chi connectivity index (χ4v) is 4.72. The van der Waals surface area contributed by atoms with Crippen molar-refractivity contribution < 1.29 is 24.2 Å². The van der Waals surface area contributed by atoms with Crippen LogP contribution in [0.15, 0.2) is 48.5 Å². The Morgan fingerprint density at radius 2 is 1.75 bits per heavy atom. The molecule has 1 aliphatic carbocycles. The lowest BCUT2D eigenvalue weighted by Crippen LogP contribution is -2.43. The molecule has 1 N–H and O–H groups in total. The first-order valence-electron chi connectivity index (χ1n) is 11.1. The third-order valence-corrected chi connectivity index (χ3v) is 6.45. The van der Waals surface area contributed by atoms with Gasteiger partial charge in [0, 0.05) is 32.5 Å². The first-order chi connectivity index (χ1) is 15.5. The van der Waals surface area contributed by atoms with Gasteiger partial charge in [-0.15, -0.1) is 0 Å². The van der Waals surface area contributed by atoms with Crippen molar-refractivity contribution in [2.45, 2.75) is 37.6 Å². The van der Waals surface area contributed by atoms with Gasteiger partial charge in [0.05, 0.1) is 0 Å². The standard InChI is InChI=1S/C25H28N2O5/c1-26(22(24(29)30)12-6-14-27-15-7-13-23(27)28)25(31)32-16-21-19-10-4-2-8-17(19)18-9-3-5-11-20(18)21/h2-5,8-11,21-22H,6-7,12-16H2,1H3,(H,29,30)/t22-/m0/s1. The molecule has 4 rings (SSSR count). The molecule has 0 unspecified atom stereocenters. The number of aliphatic carboxylic acids is 1. The molecule has 2 aromatic rings. The molecule has 168 valence electrons. The highest BCUT2D eigenvalue weighted by molar-refractivity contribution is 5.81. The number of hydrogen-bond donors (Lipinski definition) is 1. The number of carboxylic acids is 1. The molecule has 1 atom stereocenters. The molecular formula is C25H28N2O5. The molecule has 2 amide bonds. The van der Waals surface area contributed by atoms with E-state index in [2.05, 4.69) is 12.1 Å². The smallest absolute Gasteiger partial charge is 0.410 e. The van der Waals surface area contributed by atoms with Gasteiger partial charge in [-0.25, -0.2) is 9.59 Å². The van der Waals surface area contributed by atoms with E-state index in [0.29, 0.717) is 19.4 Å². The summed E-state index contributed by atoms with van der Waals surface area (Å²) in [6.07, 6.45) is 1.53. The van der Waals surface area contributed by atoms with Crippen LogP contribution in [0.5, 0.6) is 0 Å². The second-order valence-corrected chi connectivity index (χ2v) is 8.40. The minimum atomic E-state index is -1.08. The van der Waals surface area contributed by atoms with Crippen LogP contribution in [0.4, 0.5) is 4.79 Å². The van der Waals surface area contributed by atoms with E-state index in [4.69, 9.17) is 4.74 Å². The van der Waals surface area contributed by atoms with Crippen LogP contribution in [0.1, 0.15) is 42.7 Å². The number of benzene rings is 2.